The fourth-order valence-electron chi connectivity index (χ4n) is 3.12. The Bertz CT molecular complexity index is 754. The molecule has 3 aromatic heterocycles. The smallest absolute Gasteiger partial charge is 0.137 e. The standard InChI is InChI=1S/C18H20N4O2/c1-3-17(9-19-6-1)24-14-15-10-21(13-18-4-2-8-23-18)12-16-5-7-20-22(16)11-15/h1-9,15H,10-14H2. The first-order valence-corrected chi connectivity index (χ1v) is 8.15. The summed E-state index contributed by atoms with van der Waals surface area (Å²) in [5.74, 6) is 2.14. The quantitative estimate of drug-likeness (QED) is 0.722. The van der Waals surface area contributed by atoms with Gasteiger partial charge in [-0.2, -0.15) is 5.10 Å². The van der Waals surface area contributed by atoms with Crippen LogP contribution >= 0.6 is 0 Å². The minimum Gasteiger partial charge on any atom is -0.492 e. The first kappa shape index (κ1) is 15.0. The molecule has 0 aromatic carbocycles. The van der Waals surface area contributed by atoms with Gasteiger partial charge in [-0.3, -0.25) is 14.6 Å². The topological polar surface area (TPSA) is 56.3 Å². The molecule has 0 bridgehead atoms. The van der Waals surface area contributed by atoms with E-state index in [0.29, 0.717) is 12.5 Å². The molecule has 1 unspecified atom stereocenters. The van der Waals surface area contributed by atoms with Gasteiger partial charge >= 0.3 is 0 Å². The van der Waals surface area contributed by atoms with Crippen molar-refractivity contribution in [2.45, 2.75) is 19.6 Å². The zero-order valence-corrected chi connectivity index (χ0v) is 13.4. The maximum Gasteiger partial charge on any atom is 0.137 e. The van der Waals surface area contributed by atoms with Gasteiger partial charge in [-0.15, -0.1) is 0 Å². The number of nitrogens with zero attached hydrogens (tertiary/aromatic N) is 4. The average Bonchev–Trinajstić information content (AvgIpc) is 3.23. The molecule has 0 aliphatic carbocycles. The first-order chi connectivity index (χ1) is 11.9. The third-order valence-electron chi connectivity index (χ3n) is 4.22. The average molecular weight is 324 g/mol. The first-order valence-electron chi connectivity index (χ1n) is 8.15. The second-order valence-corrected chi connectivity index (χ2v) is 6.12. The molecule has 1 aliphatic rings. The Hall–Kier alpha value is -2.60. The largest absolute Gasteiger partial charge is 0.492 e. The number of ether oxygens (including phenoxy) is 1. The molecule has 124 valence electrons. The summed E-state index contributed by atoms with van der Waals surface area (Å²) in [6.07, 6.45) is 7.08. The van der Waals surface area contributed by atoms with E-state index >= 15 is 0 Å². The summed E-state index contributed by atoms with van der Waals surface area (Å²) >= 11 is 0. The molecule has 3 aromatic rings. The molecule has 0 N–H and O–H groups in total. The molecule has 1 aliphatic heterocycles. The summed E-state index contributed by atoms with van der Waals surface area (Å²) in [5, 5.41) is 4.45. The highest BCUT2D eigenvalue weighted by molar-refractivity contribution is 5.15. The van der Waals surface area contributed by atoms with E-state index in [0.717, 1.165) is 37.7 Å². The van der Waals surface area contributed by atoms with Crippen LogP contribution in [0.5, 0.6) is 5.75 Å². The molecule has 0 saturated heterocycles. The van der Waals surface area contributed by atoms with E-state index in [9.17, 15) is 0 Å². The molecular weight excluding hydrogens is 304 g/mol. The molecule has 0 amide bonds. The third-order valence-corrected chi connectivity index (χ3v) is 4.22. The lowest BCUT2D eigenvalue weighted by molar-refractivity contribution is 0.159. The molecule has 1 atom stereocenters. The monoisotopic (exact) mass is 324 g/mol. The van der Waals surface area contributed by atoms with Gasteiger partial charge in [0.2, 0.25) is 0 Å². The zero-order chi connectivity index (χ0) is 16.2. The Morgan fingerprint density at radius 3 is 3.00 bits per heavy atom. The van der Waals surface area contributed by atoms with E-state index in [1.165, 1.54) is 5.69 Å². The van der Waals surface area contributed by atoms with Crippen LogP contribution in [-0.4, -0.2) is 32.8 Å². The van der Waals surface area contributed by atoms with Crippen molar-refractivity contribution < 1.29 is 9.15 Å². The van der Waals surface area contributed by atoms with Gasteiger partial charge in [0.25, 0.3) is 0 Å². The number of fused-ring (bicyclic) bond motifs is 1. The summed E-state index contributed by atoms with van der Waals surface area (Å²) < 4.78 is 13.5. The molecule has 24 heavy (non-hydrogen) atoms. The van der Waals surface area contributed by atoms with E-state index in [-0.39, 0.29) is 0 Å². The van der Waals surface area contributed by atoms with Crippen LogP contribution in [0.4, 0.5) is 0 Å². The van der Waals surface area contributed by atoms with Crippen LogP contribution < -0.4 is 4.74 Å². The van der Waals surface area contributed by atoms with Crippen molar-refractivity contribution in [1.82, 2.24) is 19.7 Å². The fourth-order valence-corrected chi connectivity index (χ4v) is 3.12. The molecule has 6 heteroatoms. The minimum absolute atomic E-state index is 0.348. The highest BCUT2D eigenvalue weighted by Crippen LogP contribution is 2.19. The van der Waals surface area contributed by atoms with Crippen LogP contribution in [0.15, 0.2) is 59.6 Å². The zero-order valence-electron chi connectivity index (χ0n) is 13.4. The maximum atomic E-state index is 5.92. The summed E-state index contributed by atoms with van der Waals surface area (Å²) in [7, 11) is 0. The Morgan fingerprint density at radius 1 is 1.17 bits per heavy atom. The fraction of sp³-hybridized carbons (Fsp3) is 0.333. The van der Waals surface area contributed by atoms with Gasteiger partial charge in [0, 0.05) is 37.9 Å². The number of hydrogen-bond acceptors (Lipinski definition) is 5. The molecule has 0 fully saturated rings. The van der Waals surface area contributed by atoms with Gasteiger partial charge in [-0.1, -0.05) is 0 Å². The van der Waals surface area contributed by atoms with Gasteiger partial charge in [-0.25, -0.2) is 0 Å². The SMILES string of the molecule is c1cncc(OCC2CN(Cc3ccco3)Cc3ccnn3C2)c1. The Morgan fingerprint density at radius 2 is 2.17 bits per heavy atom. The molecule has 4 heterocycles. The van der Waals surface area contributed by atoms with E-state index in [2.05, 4.69) is 25.7 Å². The Kier molecular flexibility index (Phi) is 4.29. The molecule has 4 rings (SSSR count). The van der Waals surface area contributed by atoms with E-state index in [1.54, 1.807) is 18.7 Å². The number of aromatic nitrogens is 3. The maximum absolute atomic E-state index is 5.92. The second-order valence-electron chi connectivity index (χ2n) is 6.12. The molecule has 6 nitrogen and oxygen atoms in total. The summed E-state index contributed by atoms with van der Waals surface area (Å²) in [4.78, 5) is 6.48. The molecule has 0 saturated carbocycles. The molecule has 0 spiro atoms. The second kappa shape index (κ2) is 6.88. The summed E-state index contributed by atoms with van der Waals surface area (Å²) in [5.41, 5.74) is 1.23. The third kappa shape index (κ3) is 3.49. The number of pyridine rings is 1. The molecule has 0 radical (unpaired) electrons. The summed E-state index contributed by atoms with van der Waals surface area (Å²) in [6, 6.07) is 9.85. The van der Waals surface area contributed by atoms with Crippen molar-refractivity contribution in [3.05, 3.63) is 66.6 Å². The number of furan rings is 1. The van der Waals surface area contributed by atoms with Crippen molar-refractivity contribution in [3.63, 3.8) is 0 Å². The van der Waals surface area contributed by atoms with Crippen molar-refractivity contribution in [3.8, 4) is 5.75 Å². The van der Waals surface area contributed by atoms with Crippen LogP contribution in [0.2, 0.25) is 0 Å². The van der Waals surface area contributed by atoms with Crippen molar-refractivity contribution in [2.24, 2.45) is 5.92 Å². The normalized spacial score (nSPS) is 18.1. The Labute approximate surface area is 140 Å². The lowest BCUT2D eigenvalue weighted by Gasteiger charge is -2.23. The van der Waals surface area contributed by atoms with E-state index in [4.69, 9.17) is 9.15 Å². The summed E-state index contributed by atoms with van der Waals surface area (Å²) in [6.45, 7) is 4.09. The van der Waals surface area contributed by atoms with Crippen LogP contribution in [0, 0.1) is 5.92 Å². The lowest BCUT2D eigenvalue weighted by atomic mass is 10.1. The number of hydrogen-bond donors (Lipinski definition) is 0. The van der Waals surface area contributed by atoms with Crippen molar-refractivity contribution >= 4 is 0 Å². The van der Waals surface area contributed by atoms with E-state index in [1.807, 2.05) is 30.5 Å². The van der Waals surface area contributed by atoms with Crippen LogP contribution in [0.1, 0.15) is 11.5 Å². The van der Waals surface area contributed by atoms with Crippen molar-refractivity contribution in [1.29, 1.82) is 0 Å². The minimum atomic E-state index is 0.348. The Balaban J connectivity index is 1.46. The molecular formula is C18H20N4O2. The van der Waals surface area contributed by atoms with Crippen LogP contribution in [0.3, 0.4) is 0 Å². The van der Waals surface area contributed by atoms with Gasteiger partial charge < -0.3 is 9.15 Å². The van der Waals surface area contributed by atoms with Gasteiger partial charge in [0.15, 0.2) is 0 Å². The number of rotatable bonds is 5. The van der Waals surface area contributed by atoms with Gasteiger partial charge in [0.1, 0.15) is 11.5 Å². The van der Waals surface area contributed by atoms with Gasteiger partial charge in [-0.05, 0) is 30.3 Å². The van der Waals surface area contributed by atoms with Gasteiger partial charge in [0.05, 0.1) is 31.3 Å². The predicted molar refractivity (Wildman–Crippen MR) is 88.3 cm³/mol. The lowest BCUT2D eigenvalue weighted by Crippen LogP contribution is -2.30. The predicted octanol–water partition coefficient (Wildman–Crippen LogP) is 2.58. The van der Waals surface area contributed by atoms with Crippen molar-refractivity contribution in [2.75, 3.05) is 13.2 Å². The van der Waals surface area contributed by atoms with E-state index < -0.39 is 0 Å². The van der Waals surface area contributed by atoms with Crippen LogP contribution in [0.25, 0.3) is 0 Å². The van der Waals surface area contributed by atoms with Crippen LogP contribution in [-0.2, 0) is 19.6 Å². The highest BCUT2D eigenvalue weighted by Gasteiger charge is 2.23. The highest BCUT2D eigenvalue weighted by atomic mass is 16.5.